The average molecular weight is 358 g/mol. The smallest absolute Gasteiger partial charge is 0.142 e. The first-order chi connectivity index (χ1) is 13.1. The number of rotatable bonds is 3. The fraction of sp³-hybridized carbons (Fsp3) is 0.120. The van der Waals surface area contributed by atoms with E-state index in [9.17, 15) is 8.78 Å². The third-order valence-electron chi connectivity index (χ3n) is 4.29. The van der Waals surface area contributed by atoms with Crippen LogP contribution in [0.15, 0.2) is 72.8 Å². The lowest BCUT2D eigenvalue weighted by atomic mass is 10.0. The Labute approximate surface area is 159 Å². The summed E-state index contributed by atoms with van der Waals surface area (Å²) in [6.45, 7) is 3.92. The van der Waals surface area contributed by atoms with E-state index in [0.717, 1.165) is 11.1 Å². The van der Waals surface area contributed by atoms with E-state index < -0.39 is 11.6 Å². The molecule has 3 rings (SSSR count). The first kappa shape index (κ1) is 18.6. The molecule has 0 fully saturated rings. The van der Waals surface area contributed by atoms with Crippen LogP contribution in [0.2, 0.25) is 0 Å². The molecule has 134 valence electrons. The summed E-state index contributed by atoms with van der Waals surface area (Å²) in [4.78, 5) is 0. The summed E-state index contributed by atoms with van der Waals surface area (Å²) >= 11 is 0. The van der Waals surface area contributed by atoms with Gasteiger partial charge in [0.2, 0.25) is 0 Å². The molecule has 0 aliphatic carbocycles. The Bertz CT molecular complexity index is 992. The van der Waals surface area contributed by atoms with E-state index in [-0.39, 0.29) is 5.56 Å². The van der Waals surface area contributed by atoms with Gasteiger partial charge in [-0.3, -0.25) is 0 Å². The molecule has 0 N–H and O–H groups in total. The summed E-state index contributed by atoms with van der Waals surface area (Å²) in [7, 11) is 0. The number of benzene rings is 3. The summed E-state index contributed by atoms with van der Waals surface area (Å²) in [5, 5.41) is 0. The summed E-state index contributed by atoms with van der Waals surface area (Å²) < 4.78 is 28.4. The first-order valence-corrected chi connectivity index (χ1v) is 8.85. The monoisotopic (exact) mass is 358 g/mol. The lowest BCUT2D eigenvalue weighted by Gasteiger charge is -2.03. The maximum atomic E-state index is 14.2. The van der Waals surface area contributed by atoms with Crippen molar-refractivity contribution < 1.29 is 8.78 Å². The van der Waals surface area contributed by atoms with Crippen LogP contribution in [-0.4, -0.2) is 0 Å². The highest BCUT2D eigenvalue weighted by molar-refractivity contribution is 5.64. The fourth-order valence-corrected chi connectivity index (χ4v) is 2.74. The molecule has 27 heavy (non-hydrogen) atoms. The van der Waals surface area contributed by atoms with E-state index in [1.54, 1.807) is 0 Å². The van der Waals surface area contributed by atoms with E-state index in [2.05, 4.69) is 36.1 Å². The molecule has 0 spiro atoms. The van der Waals surface area contributed by atoms with Crippen LogP contribution >= 0.6 is 0 Å². The topological polar surface area (TPSA) is 0 Å². The molecule has 0 aliphatic rings. The van der Waals surface area contributed by atoms with Crippen molar-refractivity contribution >= 4 is 0 Å². The zero-order valence-corrected chi connectivity index (χ0v) is 15.4. The molecule has 0 amide bonds. The minimum atomic E-state index is -0.627. The molecular weight excluding hydrogens is 338 g/mol. The molecule has 3 aromatic carbocycles. The molecule has 0 heterocycles. The van der Waals surface area contributed by atoms with Gasteiger partial charge in [-0.15, -0.1) is 0 Å². The van der Waals surface area contributed by atoms with Crippen molar-refractivity contribution in [2.75, 3.05) is 0 Å². The van der Waals surface area contributed by atoms with Gasteiger partial charge in [-0.25, -0.2) is 8.78 Å². The van der Waals surface area contributed by atoms with Gasteiger partial charge in [-0.1, -0.05) is 66.0 Å². The van der Waals surface area contributed by atoms with E-state index in [0.29, 0.717) is 17.5 Å². The van der Waals surface area contributed by atoms with Gasteiger partial charge < -0.3 is 0 Å². The highest BCUT2D eigenvalue weighted by Crippen LogP contribution is 2.20. The summed E-state index contributed by atoms with van der Waals surface area (Å²) in [6.07, 6.45) is 4.21. The Morgan fingerprint density at radius 3 is 1.93 bits per heavy atom. The third kappa shape index (κ3) is 4.71. The summed E-state index contributed by atoms with van der Waals surface area (Å²) in [5.41, 5.74) is 4.52. The van der Waals surface area contributed by atoms with Crippen molar-refractivity contribution in [2.45, 2.75) is 20.3 Å². The standard InChI is InChI=1S/C25H20F2/c1-3-4-5-20-16-24(26)23(25(27)17-20)15-10-19-8-13-22(14-9-19)21-11-6-18(2)7-12-21/h3-4,6-9,11-14,16-17H,5H2,1-2H3/b4-3+. The van der Waals surface area contributed by atoms with Crippen LogP contribution in [0.5, 0.6) is 0 Å². The van der Waals surface area contributed by atoms with E-state index >= 15 is 0 Å². The van der Waals surface area contributed by atoms with Gasteiger partial charge in [0.1, 0.15) is 11.6 Å². The van der Waals surface area contributed by atoms with Crippen LogP contribution in [0.3, 0.4) is 0 Å². The van der Waals surface area contributed by atoms with Crippen LogP contribution in [0.1, 0.15) is 29.2 Å². The Morgan fingerprint density at radius 1 is 0.815 bits per heavy atom. The molecule has 0 aliphatic heterocycles. The van der Waals surface area contributed by atoms with Crippen molar-refractivity contribution in [3.63, 3.8) is 0 Å². The van der Waals surface area contributed by atoms with Crippen molar-refractivity contribution in [3.8, 4) is 23.0 Å². The normalized spacial score (nSPS) is 10.7. The van der Waals surface area contributed by atoms with Crippen molar-refractivity contribution in [1.82, 2.24) is 0 Å². The molecule has 0 unspecified atom stereocenters. The SMILES string of the molecule is C/C=C/Cc1cc(F)c(C#Cc2ccc(-c3ccc(C)cc3)cc2)c(F)c1. The molecule has 0 atom stereocenters. The average Bonchev–Trinajstić information content (AvgIpc) is 2.67. The maximum absolute atomic E-state index is 14.2. The summed E-state index contributed by atoms with van der Waals surface area (Å²) in [5.74, 6) is 4.23. The fourth-order valence-electron chi connectivity index (χ4n) is 2.74. The van der Waals surface area contributed by atoms with Gasteiger partial charge in [0.15, 0.2) is 0 Å². The van der Waals surface area contributed by atoms with E-state index in [4.69, 9.17) is 0 Å². The molecular formula is C25H20F2. The maximum Gasteiger partial charge on any atom is 0.142 e. The van der Waals surface area contributed by atoms with Crippen LogP contribution in [0, 0.1) is 30.4 Å². The van der Waals surface area contributed by atoms with E-state index in [1.165, 1.54) is 17.7 Å². The third-order valence-corrected chi connectivity index (χ3v) is 4.29. The largest absolute Gasteiger partial charge is 0.206 e. The van der Waals surface area contributed by atoms with Gasteiger partial charge in [0, 0.05) is 5.56 Å². The first-order valence-electron chi connectivity index (χ1n) is 8.85. The number of allylic oxidation sites excluding steroid dienone is 2. The highest BCUT2D eigenvalue weighted by atomic mass is 19.1. The van der Waals surface area contributed by atoms with Crippen LogP contribution in [-0.2, 0) is 6.42 Å². The second-order valence-electron chi connectivity index (χ2n) is 6.40. The van der Waals surface area contributed by atoms with Crippen LogP contribution in [0.25, 0.3) is 11.1 Å². The molecule has 0 bridgehead atoms. The van der Waals surface area contributed by atoms with Gasteiger partial charge in [0.05, 0.1) is 5.56 Å². The zero-order valence-electron chi connectivity index (χ0n) is 15.4. The molecule has 0 aromatic heterocycles. The van der Waals surface area contributed by atoms with Gasteiger partial charge >= 0.3 is 0 Å². The lowest BCUT2D eigenvalue weighted by molar-refractivity contribution is 0.575. The van der Waals surface area contributed by atoms with Crippen LogP contribution in [0.4, 0.5) is 8.78 Å². The predicted molar refractivity (Wildman–Crippen MR) is 107 cm³/mol. The quantitative estimate of drug-likeness (QED) is 0.372. The Kier molecular flexibility index (Phi) is 5.84. The minimum Gasteiger partial charge on any atom is -0.206 e. The zero-order chi connectivity index (χ0) is 19.2. The summed E-state index contributed by atoms with van der Waals surface area (Å²) in [6, 6.07) is 18.6. The van der Waals surface area contributed by atoms with Crippen molar-refractivity contribution in [2.24, 2.45) is 0 Å². The Balaban J connectivity index is 1.82. The Morgan fingerprint density at radius 2 is 1.37 bits per heavy atom. The molecule has 0 radical (unpaired) electrons. The molecule has 0 saturated heterocycles. The number of halogens is 2. The van der Waals surface area contributed by atoms with Gasteiger partial charge in [0.25, 0.3) is 0 Å². The molecule has 2 heteroatoms. The lowest BCUT2D eigenvalue weighted by Crippen LogP contribution is -1.94. The number of aryl methyl sites for hydroxylation is 1. The second kappa shape index (κ2) is 8.47. The molecule has 3 aromatic rings. The minimum absolute atomic E-state index is 0.193. The molecule has 0 nitrogen and oxygen atoms in total. The predicted octanol–water partition coefficient (Wildman–Crippen LogP) is 6.46. The van der Waals surface area contributed by atoms with Gasteiger partial charge in [-0.2, -0.15) is 0 Å². The Hall–Kier alpha value is -3.18. The number of hydrogen-bond acceptors (Lipinski definition) is 0. The molecule has 0 saturated carbocycles. The second-order valence-corrected chi connectivity index (χ2v) is 6.40. The number of hydrogen-bond donors (Lipinski definition) is 0. The van der Waals surface area contributed by atoms with Crippen molar-refractivity contribution in [3.05, 3.63) is 107 Å². The van der Waals surface area contributed by atoms with Crippen molar-refractivity contribution in [1.29, 1.82) is 0 Å². The highest BCUT2D eigenvalue weighted by Gasteiger charge is 2.08. The van der Waals surface area contributed by atoms with Crippen LogP contribution < -0.4 is 0 Å². The van der Waals surface area contributed by atoms with E-state index in [1.807, 2.05) is 50.3 Å². The van der Waals surface area contributed by atoms with Gasteiger partial charge in [-0.05, 0) is 61.2 Å².